The van der Waals surface area contributed by atoms with Gasteiger partial charge in [0.2, 0.25) is 0 Å². The lowest BCUT2D eigenvalue weighted by atomic mass is 9.98. The molecule has 2 rings (SSSR count). The number of hydrogen-bond acceptors (Lipinski definition) is 2. The molecule has 1 fully saturated rings. The number of nitrogens with zero attached hydrogens (tertiary/aromatic N) is 2. The molecule has 0 amide bonds. The molecule has 0 aromatic carbocycles. The maximum Gasteiger partial charge on any atom is 0.0996 e. The zero-order valence-electron chi connectivity index (χ0n) is 8.99. The van der Waals surface area contributed by atoms with Crippen LogP contribution in [0.5, 0.6) is 0 Å². The summed E-state index contributed by atoms with van der Waals surface area (Å²) in [6.45, 7) is 2.86. The molecule has 1 saturated carbocycles. The smallest absolute Gasteiger partial charge is 0.0996 e. The second kappa shape index (κ2) is 4.66. The minimum absolute atomic E-state index is 0.357. The van der Waals surface area contributed by atoms with Gasteiger partial charge in [-0.25, -0.2) is 0 Å². The quantitative estimate of drug-likeness (QED) is 0.919. The first-order chi connectivity index (χ1) is 7.24. The fraction of sp³-hybridized carbons (Fsp3) is 0.727. The summed E-state index contributed by atoms with van der Waals surface area (Å²) in [5.41, 5.74) is 0.949. The average Bonchev–Trinajstić information content (AvgIpc) is 2.85. The van der Waals surface area contributed by atoms with E-state index in [1.54, 1.807) is 6.20 Å². The van der Waals surface area contributed by atoms with Gasteiger partial charge in [-0.3, -0.25) is 4.68 Å². The van der Waals surface area contributed by atoms with Gasteiger partial charge in [0.05, 0.1) is 22.5 Å². The number of aliphatic hydroxyl groups is 1. The number of aryl methyl sites for hydroxylation is 1. The fourth-order valence-electron chi connectivity index (χ4n) is 2.41. The van der Waals surface area contributed by atoms with Gasteiger partial charge >= 0.3 is 0 Å². The van der Waals surface area contributed by atoms with E-state index in [0.717, 1.165) is 29.6 Å². The Kier molecular flexibility index (Phi) is 3.46. The van der Waals surface area contributed by atoms with Crippen LogP contribution < -0.4 is 0 Å². The highest BCUT2D eigenvalue weighted by Crippen LogP contribution is 2.37. The van der Waals surface area contributed by atoms with Crippen molar-refractivity contribution in [3.63, 3.8) is 0 Å². The van der Waals surface area contributed by atoms with Crippen molar-refractivity contribution in [2.45, 2.75) is 45.3 Å². The molecule has 1 aromatic rings. The molecule has 0 saturated heterocycles. The van der Waals surface area contributed by atoms with Crippen LogP contribution in [0.15, 0.2) is 10.7 Å². The van der Waals surface area contributed by atoms with Gasteiger partial charge in [0, 0.05) is 6.54 Å². The fourth-order valence-corrected chi connectivity index (χ4v) is 2.95. The molecule has 1 aliphatic carbocycles. The minimum atomic E-state index is -0.357. The molecule has 0 bridgehead atoms. The van der Waals surface area contributed by atoms with Gasteiger partial charge in [-0.05, 0) is 41.6 Å². The van der Waals surface area contributed by atoms with Crippen LogP contribution in [0.3, 0.4) is 0 Å². The number of rotatable bonds is 3. The standard InChI is InChI=1S/C11H17BrN2O/c1-2-14-10(9(12)7-13-14)11(15)8-5-3-4-6-8/h7-8,11,15H,2-6H2,1H3. The summed E-state index contributed by atoms with van der Waals surface area (Å²) in [4.78, 5) is 0. The molecule has 4 heteroatoms. The maximum absolute atomic E-state index is 10.3. The van der Waals surface area contributed by atoms with E-state index in [2.05, 4.69) is 21.0 Å². The van der Waals surface area contributed by atoms with Crippen molar-refractivity contribution in [1.82, 2.24) is 9.78 Å². The Morgan fingerprint density at radius 1 is 1.60 bits per heavy atom. The van der Waals surface area contributed by atoms with Gasteiger partial charge in [-0.2, -0.15) is 5.10 Å². The number of aliphatic hydroxyl groups excluding tert-OH is 1. The van der Waals surface area contributed by atoms with Crippen LogP contribution in [0.4, 0.5) is 0 Å². The van der Waals surface area contributed by atoms with E-state index in [-0.39, 0.29) is 6.10 Å². The largest absolute Gasteiger partial charge is 0.386 e. The molecule has 1 atom stereocenters. The maximum atomic E-state index is 10.3. The van der Waals surface area contributed by atoms with Crippen LogP contribution in [-0.4, -0.2) is 14.9 Å². The zero-order valence-corrected chi connectivity index (χ0v) is 10.6. The van der Waals surface area contributed by atoms with Crippen LogP contribution >= 0.6 is 15.9 Å². The van der Waals surface area contributed by atoms with Gasteiger partial charge in [0.15, 0.2) is 0 Å². The molecule has 1 unspecified atom stereocenters. The second-order valence-corrected chi connectivity index (χ2v) is 5.04. The van der Waals surface area contributed by atoms with Gasteiger partial charge in [0.1, 0.15) is 0 Å². The summed E-state index contributed by atoms with van der Waals surface area (Å²) in [6.07, 6.45) is 6.20. The first-order valence-electron chi connectivity index (χ1n) is 5.63. The predicted molar refractivity (Wildman–Crippen MR) is 62.5 cm³/mol. The Labute approximate surface area is 98.6 Å². The summed E-state index contributed by atoms with van der Waals surface area (Å²) in [5, 5.41) is 14.5. The topological polar surface area (TPSA) is 38.0 Å². The van der Waals surface area contributed by atoms with Crippen molar-refractivity contribution in [3.8, 4) is 0 Å². The highest BCUT2D eigenvalue weighted by molar-refractivity contribution is 9.10. The summed E-state index contributed by atoms with van der Waals surface area (Å²) < 4.78 is 2.82. The number of halogens is 1. The van der Waals surface area contributed by atoms with Gasteiger partial charge < -0.3 is 5.11 Å². The highest BCUT2D eigenvalue weighted by atomic mass is 79.9. The predicted octanol–water partition coefficient (Wildman–Crippen LogP) is 2.89. The molecular formula is C11H17BrN2O. The van der Waals surface area contributed by atoms with Crippen molar-refractivity contribution in [2.75, 3.05) is 0 Å². The van der Waals surface area contributed by atoms with E-state index >= 15 is 0 Å². The van der Waals surface area contributed by atoms with Crippen molar-refractivity contribution in [2.24, 2.45) is 5.92 Å². The summed E-state index contributed by atoms with van der Waals surface area (Å²) >= 11 is 3.46. The van der Waals surface area contributed by atoms with E-state index in [1.165, 1.54) is 12.8 Å². The van der Waals surface area contributed by atoms with Crippen molar-refractivity contribution in [3.05, 3.63) is 16.4 Å². The summed E-state index contributed by atoms with van der Waals surface area (Å²) in [7, 11) is 0. The van der Waals surface area contributed by atoms with Crippen molar-refractivity contribution < 1.29 is 5.11 Å². The molecule has 1 N–H and O–H groups in total. The monoisotopic (exact) mass is 272 g/mol. The first-order valence-corrected chi connectivity index (χ1v) is 6.42. The Bertz CT molecular complexity index is 331. The molecule has 1 aromatic heterocycles. The molecule has 1 aliphatic rings. The first kappa shape index (κ1) is 11.1. The van der Waals surface area contributed by atoms with E-state index < -0.39 is 0 Å². The molecular weight excluding hydrogens is 256 g/mol. The van der Waals surface area contributed by atoms with Crippen LogP contribution in [0.2, 0.25) is 0 Å². The summed E-state index contributed by atoms with van der Waals surface area (Å²) in [6, 6.07) is 0. The lowest BCUT2D eigenvalue weighted by Gasteiger charge is -2.19. The Morgan fingerprint density at radius 3 is 2.87 bits per heavy atom. The van der Waals surface area contributed by atoms with Crippen LogP contribution in [0, 0.1) is 5.92 Å². The van der Waals surface area contributed by atoms with Crippen LogP contribution in [-0.2, 0) is 6.54 Å². The third-order valence-electron chi connectivity index (χ3n) is 3.26. The minimum Gasteiger partial charge on any atom is -0.386 e. The normalized spacial score (nSPS) is 19.7. The zero-order chi connectivity index (χ0) is 10.8. The number of aromatic nitrogens is 2. The summed E-state index contributed by atoms with van der Waals surface area (Å²) in [5.74, 6) is 0.420. The SMILES string of the molecule is CCn1ncc(Br)c1C(O)C1CCCC1. The van der Waals surface area contributed by atoms with Gasteiger partial charge in [-0.1, -0.05) is 12.8 Å². The molecule has 0 spiro atoms. The highest BCUT2D eigenvalue weighted by Gasteiger charge is 2.28. The van der Waals surface area contributed by atoms with E-state index in [4.69, 9.17) is 0 Å². The van der Waals surface area contributed by atoms with Gasteiger partial charge in [0.25, 0.3) is 0 Å². The lowest BCUT2D eigenvalue weighted by Crippen LogP contribution is -2.15. The van der Waals surface area contributed by atoms with Gasteiger partial charge in [-0.15, -0.1) is 0 Å². The van der Waals surface area contributed by atoms with Crippen LogP contribution in [0.1, 0.15) is 44.4 Å². The van der Waals surface area contributed by atoms with Crippen LogP contribution in [0.25, 0.3) is 0 Å². The molecule has 1 heterocycles. The third kappa shape index (κ3) is 2.11. The second-order valence-electron chi connectivity index (χ2n) is 4.18. The van der Waals surface area contributed by atoms with Crippen molar-refractivity contribution >= 4 is 15.9 Å². The van der Waals surface area contributed by atoms with E-state index in [1.807, 2.05) is 11.6 Å². The average molecular weight is 273 g/mol. The molecule has 0 aliphatic heterocycles. The van der Waals surface area contributed by atoms with E-state index in [9.17, 15) is 5.11 Å². The third-order valence-corrected chi connectivity index (χ3v) is 3.87. The Morgan fingerprint density at radius 2 is 2.27 bits per heavy atom. The van der Waals surface area contributed by atoms with E-state index in [0.29, 0.717) is 5.92 Å². The Balaban J connectivity index is 2.22. The Hall–Kier alpha value is -0.350. The molecule has 0 radical (unpaired) electrons. The molecule has 84 valence electrons. The molecule has 15 heavy (non-hydrogen) atoms. The molecule has 3 nitrogen and oxygen atoms in total. The van der Waals surface area contributed by atoms with Crippen molar-refractivity contribution in [1.29, 1.82) is 0 Å². The number of hydrogen-bond donors (Lipinski definition) is 1. The lowest BCUT2D eigenvalue weighted by molar-refractivity contribution is 0.101.